The monoisotopic (exact) mass is 330 g/mol. The highest BCUT2D eigenvalue weighted by Gasteiger charge is 2.26. The predicted molar refractivity (Wildman–Crippen MR) is 89.0 cm³/mol. The number of carbonyl (C=O) groups excluding carboxylic acids is 2. The second-order valence-corrected chi connectivity index (χ2v) is 5.99. The van der Waals surface area contributed by atoms with Gasteiger partial charge in [-0.3, -0.25) is 9.59 Å². The van der Waals surface area contributed by atoms with Gasteiger partial charge in [0, 0.05) is 43.4 Å². The van der Waals surface area contributed by atoms with Crippen LogP contribution in [0.1, 0.15) is 32.1 Å². The summed E-state index contributed by atoms with van der Waals surface area (Å²) in [6, 6.07) is 3.54. The zero-order valence-electron chi connectivity index (χ0n) is 13.9. The first-order chi connectivity index (χ1) is 11.6. The molecule has 2 aromatic rings. The number of morpholine rings is 1. The van der Waals surface area contributed by atoms with Crippen LogP contribution in [0.25, 0.3) is 0 Å². The molecule has 0 saturated carbocycles. The van der Waals surface area contributed by atoms with Gasteiger partial charge in [0.2, 0.25) is 0 Å². The molecule has 1 saturated heterocycles. The Kier molecular flexibility index (Phi) is 4.71. The van der Waals surface area contributed by atoms with E-state index >= 15 is 0 Å². The molecule has 3 N–H and O–H groups in total. The van der Waals surface area contributed by atoms with Gasteiger partial charge in [-0.2, -0.15) is 0 Å². The summed E-state index contributed by atoms with van der Waals surface area (Å²) >= 11 is 0. The lowest BCUT2D eigenvalue weighted by atomic mass is 10.2. The molecule has 0 bridgehead atoms. The van der Waals surface area contributed by atoms with E-state index in [2.05, 4.69) is 15.3 Å². The van der Waals surface area contributed by atoms with E-state index in [4.69, 9.17) is 4.74 Å². The van der Waals surface area contributed by atoms with Gasteiger partial charge in [-0.15, -0.1) is 0 Å². The van der Waals surface area contributed by atoms with Crippen LogP contribution in [-0.4, -0.2) is 59.0 Å². The van der Waals surface area contributed by atoms with Gasteiger partial charge in [0.25, 0.3) is 11.8 Å². The summed E-state index contributed by atoms with van der Waals surface area (Å²) in [6.45, 7) is 5.61. The van der Waals surface area contributed by atoms with Crippen LogP contribution in [0, 0.1) is 13.8 Å². The Bertz CT molecular complexity index is 734. The fourth-order valence-corrected chi connectivity index (χ4v) is 2.88. The molecule has 2 amide bonds. The Morgan fingerprint density at radius 2 is 1.88 bits per heavy atom. The lowest BCUT2D eigenvalue weighted by Gasteiger charge is -2.33. The van der Waals surface area contributed by atoms with Crippen LogP contribution in [0.2, 0.25) is 0 Å². The zero-order valence-corrected chi connectivity index (χ0v) is 13.9. The van der Waals surface area contributed by atoms with Crippen molar-refractivity contribution in [2.45, 2.75) is 20.0 Å². The van der Waals surface area contributed by atoms with Gasteiger partial charge in [0.15, 0.2) is 0 Å². The molecule has 7 nitrogen and oxygen atoms in total. The van der Waals surface area contributed by atoms with Crippen LogP contribution in [0.3, 0.4) is 0 Å². The Morgan fingerprint density at radius 3 is 2.50 bits per heavy atom. The first-order valence-electron chi connectivity index (χ1n) is 8.03. The molecule has 24 heavy (non-hydrogen) atoms. The van der Waals surface area contributed by atoms with Gasteiger partial charge >= 0.3 is 0 Å². The normalized spacial score (nSPS) is 17.8. The number of aryl methyl sites for hydroxylation is 2. The number of nitrogens with zero attached hydrogens (tertiary/aromatic N) is 1. The number of rotatable bonds is 4. The van der Waals surface area contributed by atoms with Crippen LogP contribution in [0.4, 0.5) is 0 Å². The third kappa shape index (κ3) is 3.35. The highest BCUT2D eigenvalue weighted by atomic mass is 16.5. The van der Waals surface area contributed by atoms with Gasteiger partial charge in [-0.1, -0.05) is 0 Å². The second-order valence-electron chi connectivity index (χ2n) is 5.99. The Labute approximate surface area is 140 Å². The van der Waals surface area contributed by atoms with E-state index in [1.54, 1.807) is 29.4 Å². The molecule has 1 aliphatic heterocycles. The van der Waals surface area contributed by atoms with Crippen molar-refractivity contribution in [3.05, 3.63) is 47.0 Å². The maximum absolute atomic E-state index is 12.6. The molecule has 1 atom stereocenters. The highest BCUT2D eigenvalue weighted by Crippen LogP contribution is 2.13. The number of ether oxygens (including phenoxy) is 1. The average Bonchev–Trinajstić information content (AvgIpc) is 3.20. The van der Waals surface area contributed by atoms with Crippen LogP contribution in [-0.2, 0) is 4.74 Å². The van der Waals surface area contributed by atoms with E-state index in [9.17, 15) is 9.59 Å². The van der Waals surface area contributed by atoms with Crippen molar-refractivity contribution < 1.29 is 14.3 Å². The SMILES string of the molecule is Cc1[nH]ccc1C(=O)NCC1CN(C(=O)c2cc[nH]c2C)CCO1. The number of nitrogens with one attached hydrogen (secondary N) is 3. The summed E-state index contributed by atoms with van der Waals surface area (Å²) in [5.41, 5.74) is 3.00. The molecule has 0 spiro atoms. The minimum atomic E-state index is -0.204. The molecule has 0 radical (unpaired) electrons. The first kappa shape index (κ1) is 16.3. The highest BCUT2D eigenvalue weighted by molar-refractivity contribution is 5.96. The van der Waals surface area contributed by atoms with E-state index in [0.717, 1.165) is 11.4 Å². The van der Waals surface area contributed by atoms with Gasteiger partial charge in [0.05, 0.1) is 23.8 Å². The van der Waals surface area contributed by atoms with Crippen molar-refractivity contribution in [1.82, 2.24) is 20.2 Å². The van der Waals surface area contributed by atoms with Gasteiger partial charge in [-0.25, -0.2) is 0 Å². The molecule has 3 heterocycles. The third-order valence-corrected chi connectivity index (χ3v) is 4.30. The molecule has 1 fully saturated rings. The topological polar surface area (TPSA) is 90.2 Å². The largest absolute Gasteiger partial charge is 0.373 e. The maximum atomic E-state index is 12.6. The Morgan fingerprint density at radius 1 is 1.21 bits per heavy atom. The van der Waals surface area contributed by atoms with E-state index in [0.29, 0.717) is 37.4 Å². The summed E-state index contributed by atoms with van der Waals surface area (Å²) in [7, 11) is 0. The van der Waals surface area contributed by atoms with E-state index in [1.807, 2.05) is 13.8 Å². The first-order valence-corrected chi connectivity index (χ1v) is 8.03. The number of hydrogen-bond donors (Lipinski definition) is 3. The molecule has 1 aliphatic rings. The van der Waals surface area contributed by atoms with Crippen molar-refractivity contribution in [2.75, 3.05) is 26.2 Å². The Hall–Kier alpha value is -2.54. The average molecular weight is 330 g/mol. The van der Waals surface area contributed by atoms with Crippen LogP contribution in [0.15, 0.2) is 24.5 Å². The molecule has 0 aliphatic carbocycles. The van der Waals surface area contributed by atoms with Crippen molar-refractivity contribution in [3.63, 3.8) is 0 Å². The van der Waals surface area contributed by atoms with Gasteiger partial charge in [0.1, 0.15) is 0 Å². The lowest BCUT2D eigenvalue weighted by Crippen LogP contribution is -2.49. The Balaban J connectivity index is 1.56. The minimum absolute atomic E-state index is 0.00476. The van der Waals surface area contributed by atoms with Crippen LogP contribution in [0.5, 0.6) is 0 Å². The minimum Gasteiger partial charge on any atom is -0.373 e. The smallest absolute Gasteiger partial charge is 0.255 e. The van der Waals surface area contributed by atoms with Crippen molar-refractivity contribution in [3.8, 4) is 0 Å². The number of aromatic amines is 2. The molecule has 1 unspecified atom stereocenters. The fraction of sp³-hybridized carbons (Fsp3) is 0.412. The van der Waals surface area contributed by atoms with Crippen molar-refractivity contribution in [2.24, 2.45) is 0 Å². The predicted octanol–water partition coefficient (Wildman–Crippen LogP) is 1.23. The number of amides is 2. The number of H-pyrrole nitrogens is 2. The van der Waals surface area contributed by atoms with E-state index in [1.165, 1.54) is 0 Å². The van der Waals surface area contributed by atoms with Gasteiger partial charge < -0.3 is 24.9 Å². The van der Waals surface area contributed by atoms with Crippen LogP contribution < -0.4 is 5.32 Å². The summed E-state index contributed by atoms with van der Waals surface area (Å²) in [5, 5.41) is 2.87. The molecular formula is C17H22N4O3. The zero-order chi connectivity index (χ0) is 17.1. The van der Waals surface area contributed by atoms with E-state index in [-0.39, 0.29) is 17.9 Å². The molecule has 0 aromatic carbocycles. The molecule has 7 heteroatoms. The van der Waals surface area contributed by atoms with Crippen molar-refractivity contribution >= 4 is 11.8 Å². The maximum Gasteiger partial charge on any atom is 0.255 e. The van der Waals surface area contributed by atoms with Crippen molar-refractivity contribution in [1.29, 1.82) is 0 Å². The van der Waals surface area contributed by atoms with E-state index < -0.39 is 0 Å². The standard InChI is InChI=1S/C17H22N4O3/c1-11-14(3-5-18-11)16(22)20-9-13-10-21(7-8-24-13)17(23)15-4-6-19-12(15)2/h3-6,13,18-19H,7-10H2,1-2H3,(H,20,22). The van der Waals surface area contributed by atoms with Gasteiger partial charge in [-0.05, 0) is 26.0 Å². The number of aromatic nitrogens is 2. The second kappa shape index (κ2) is 6.92. The third-order valence-electron chi connectivity index (χ3n) is 4.30. The quantitative estimate of drug-likeness (QED) is 0.787. The molecular weight excluding hydrogens is 308 g/mol. The summed E-state index contributed by atoms with van der Waals surface area (Å²) in [4.78, 5) is 32.5. The summed E-state index contributed by atoms with van der Waals surface area (Å²) in [5.74, 6) is -0.142. The number of hydrogen-bond acceptors (Lipinski definition) is 3. The molecule has 2 aromatic heterocycles. The molecule has 128 valence electrons. The fourth-order valence-electron chi connectivity index (χ4n) is 2.88. The van der Waals surface area contributed by atoms with Crippen LogP contribution >= 0.6 is 0 Å². The lowest BCUT2D eigenvalue weighted by molar-refractivity contribution is -0.0197. The summed E-state index contributed by atoms with van der Waals surface area (Å²) in [6.07, 6.45) is 3.30. The number of carbonyl (C=O) groups is 2. The summed E-state index contributed by atoms with van der Waals surface area (Å²) < 4.78 is 5.68. The molecule has 3 rings (SSSR count).